The lowest BCUT2D eigenvalue weighted by molar-refractivity contribution is 0.484. The fourth-order valence-corrected chi connectivity index (χ4v) is 5.30. The fourth-order valence-electron chi connectivity index (χ4n) is 3.84. The van der Waals surface area contributed by atoms with Crippen LogP contribution in [-0.2, 0) is 10.0 Å². The zero-order valence-electron chi connectivity index (χ0n) is 14.1. The van der Waals surface area contributed by atoms with E-state index in [1.54, 1.807) is 6.07 Å². The number of nitrogens with one attached hydrogen (secondary N) is 1. The minimum absolute atomic E-state index is 0.127. The average Bonchev–Trinajstić information content (AvgIpc) is 3.10. The molecule has 3 aromatic rings. The molecule has 5 rings (SSSR count). The smallest absolute Gasteiger partial charge is 0.244 e. The molecule has 3 aromatic carbocycles. The zero-order valence-corrected chi connectivity index (χ0v) is 14.9. The van der Waals surface area contributed by atoms with Crippen LogP contribution in [0.1, 0.15) is 12.8 Å². The third-order valence-corrected chi connectivity index (χ3v) is 6.54. The van der Waals surface area contributed by atoms with Crippen molar-refractivity contribution in [1.82, 2.24) is 4.72 Å². The number of sulfonamides is 1. The van der Waals surface area contributed by atoms with Crippen LogP contribution in [0.25, 0.3) is 10.8 Å². The molecule has 1 N–H and O–H groups in total. The maximum atomic E-state index is 12.6. The first kappa shape index (κ1) is 15.7. The number of rotatable bonds is 2. The van der Waals surface area contributed by atoms with Crippen molar-refractivity contribution in [3.63, 3.8) is 0 Å². The van der Waals surface area contributed by atoms with Crippen LogP contribution in [0.4, 0.5) is 5.69 Å². The molecule has 1 atom stereocenters. The maximum absolute atomic E-state index is 12.6. The number of fused-ring (bicyclic) bond motifs is 4. The largest absolute Gasteiger partial charge is 0.457 e. The molecule has 0 saturated carbocycles. The zero-order chi connectivity index (χ0) is 17.7. The second-order valence-corrected chi connectivity index (χ2v) is 8.36. The molecule has 0 amide bonds. The van der Waals surface area contributed by atoms with E-state index in [2.05, 4.69) is 9.62 Å². The quantitative estimate of drug-likeness (QED) is 0.748. The van der Waals surface area contributed by atoms with Gasteiger partial charge in [-0.2, -0.15) is 4.72 Å². The van der Waals surface area contributed by atoms with Gasteiger partial charge in [-0.3, -0.25) is 0 Å². The van der Waals surface area contributed by atoms with E-state index >= 15 is 0 Å². The molecule has 2 aliphatic heterocycles. The topological polar surface area (TPSA) is 58.6 Å². The Hall–Kier alpha value is -2.57. The highest BCUT2D eigenvalue weighted by Crippen LogP contribution is 2.39. The Balaban J connectivity index is 1.57. The highest BCUT2D eigenvalue weighted by atomic mass is 32.2. The molecule has 6 heteroatoms. The summed E-state index contributed by atoms with van der Waals surface area (Å²) < 4.78 is 34.1. The molecular weight excluding hydrogens is 348 g/mol. The van der Waals surface area contributed by atoms with Crippen molar-refractivity contribution in [2.75, 3.05) is 11.4 Å². The van der Waals surface area contributed by atoms with Crippen molar-refractivity contribution < 1.29 is 13.2 Å². The first-order chi connectivity index (χ1) is 12.6. The van der Waals surface area contributed by atoms with Gasteiger partial charge in [0.05, 0.1) is 11.9 Å². The van der Waals surface area contributed by atoms with Crippen LogP contribution < -0.4 is 14.4 Å². The Morgan fingerprint density at radius 3 is 2.81 bits per heavy atom. The van der Waals surface area contributed by atoms with Gasteiger partial charge in [0.15, 0.2) is 0 Å². The van der Waals surface area contributed by atoms with Gasteiger partial charge in [-0.1, -0.05) is 36.4 Å². The van der Waals surface area contributed by atoms with Gasteiger partial charge in [-0.25, -0.2) is 8.42 Å². The molecule has 1 unspecified atom stereocenters. The lowest BCUT2D eigenvalue weighted by Crippen LogP contribution is -2.48. The third-order valence-electron chi connectivity index (χ3n) is 5.05. The molecule has 0 radical (unpaired) electrons. The second kappa shape index (κ2) is 5.72. The van der Waals surface area contributed by atoms with Crippen LogP contribution in [0.15, 0.2) is 65.6 Å². The SMILES string of the molecule is O=S1(=O)NC2CCCN2c2ccc(Oc3cccc4ccccc34)cc21. The summed E-state index contributed by atoms with van der Waals surface area (Å²) in [7, 11) is -3.53. The van der Waals surface area contributed by atoms with Crippen LogP contribution in [0.5, 0.6) is 11.5 Å². The van der Waals surface area contributed by atoms with E-state index in [9.17, 15) is 8.42 Å². The number of hydrogen-bond acceptors (Lipinski definition) is 4. The Bertz CT molecular complexity index is 1110. The van der Waals surface area contributed by atoms with E-state index in [0.717, 1.165) is 35.8 Å². The Labute approximate surface area is 152 Å². The van der Waals surface area contributed by atoms with E-state index in [0.29, 0.717) is 11.5 Å². The van der Waals surface area contributed by atoms with Crippen LogP contribution in [0.3, 0.4) is 0 Å². The monoisotopic (exact) mass is 366 g/mol. The van der Waals surface area contributed by atoms with Crippen molar-refractivity contribution in [3.8, 4) is 11.5 Å². The van der Waals surface area contributed by atoms with Gasteiger partial charge in [0.2, 0.25) is 10.0 Å². The number of hydrogen-bond donors (Lipinski definition) is 1. The van der Waals surface area contributed by atoms with Gasteiger partial charge in [0.25, 0.3) is 0 Å². The molecule has 132 valence electrons. The maximum Gasteiger partial charge on any atom is 0.244 e. The number of ether oxygens (including phenoxy) is 1. The molecule has 2 heterocycles. The number of anilines is 1. The predicted octanol–water partition coefficient (Wildman–Crippen LogP) is 3.85. The first-order valence-corrected chi connectivity index (χ1v) is 10.2. The van der Waals surface area contributed by atoms with Crippen molar-refractivity contribution in [1.29, 1.82) is 0 Å². The standard InChI is InChI=1S/C20H18N2O3S/c23-26(24)19-13-15(10-11-17(19)22-12-4-9-20(22)21-26)25-18-8-3-6-14-5-1-2-7-16(14)18/h1-3,5-8,10-11,13,20-21H,4,9,12H2. The summed E-state index contributed by atoms with van der Waals surface area (Å²) in [6.07, 6.45) is 1.70. The minimum atomic E-state index is -3.53. The molecule has 2 aliphatic rings. The van der Waals surface area contributed by atoms with E-state index in [4.69, 9.17) is 4.74 Å². The van der Waals surface area contributed by atoms with Gasteiger partial charge in [-0.15, -0.1) is 0 Å². The summed E-state index contributed by atoms with van der Waals surface area (Å²) in [5.74, 6) is 1.23. The van der Waals surface area contributed by atoms with E-state index in [1.165, 1.54) is 0 Å². The van der Waals surface area contributed by atoms with E-state index in [-0.39, 0.29) is 11.1 Å². The minimum Gasteiger partial charge on any atom is -0.457 e. The third kappa shape index (κ3) is 2.45. The molecule has 1 saturated heterocycles. The summed E-state index contributed by atoms with van der Waals surface area (Å²) in [5.41, 5.74) is 0.761. The van der Waals surface area contributed by atoms with E-state index < -0.39 is 10.0 Å². The number of nitrogens with zero attached hydrogens (tertiary/aromatic N) is 1. The molecular formula is C20H18N2O3S. The Morgan fingerprint density at radius 1 is 1.04 bits per heavy atom. The van der Waals surface area contributed by atoms with Gasteiger partial charge in [-0.05, 0) is 36.4 Å². The van der Waals surface area contributed by atoms with Crippen LogP contribution in [0.2, 0.25) is 0 Å². The van der Waals surface area contributed by atoms with Crippen molar-refractivity contribution in [2.24, 2.45) is 0 Å². The lowest BCUT2D eigenvalue weighted by Gasteiger charge is -2.34. The van der Waals surface area contributed by atoms with E-state index in [1.807, 2.05) is 54.6 Å². The summed E-state index contributed by atoms with van der Waals surface area (Å²) in [5, 5.41) is 2.07. The first-order valence-electron chi connectivity index (χ1n) is 8.70. The highest BCUT2D eigenvalue weighted by molar-refractivity contribution is 7.89. The summed E-state index contributed by atoms with van der Waals surface area (Å²) in [4.78, 5) is 2.41. The van der Waals surface area contributed by atoms with Gasteiger partial charge in [0, 0.05) is 18.0 Å². The molecule has 0 aliphatic carbocycles. The summed E-state index contributed by atoms with van der Waals surface area (Å²) >= 11 is 0. The van der Waals surface area contributed by atoms with Crippen molar-refractivity contribution >= 4 is 26.5 Å². The van der Waals surface area contributed by atoms with Crippen LogP contribution in [0, 0.1) is 0 Å². The Kier molecular flexibility index (Phi) is 3.45. The van der Waals surface area contributed by atoms with Gasteiger partial charge in [0.1, 0.15) is 16.4 Å². The van der Waals surface area contributed by atoms with Gasteiger partial charge >= 0.3 is 0 Å². The van der Waals surface area contributed by atoms with Crippen molar-refractivity contribution in [3.05, 3.63) is 60.7 Å². The molecule has 0 spiro atoms. The summed E-state index contributed by atoms with van der Waals surface area (Å²) in [6.45, 7) is 0.865. The molecule has 5 nitrogen and oxygen atoms in total. The second-order valence-electron chi connectivity index (χ2n) is 6.68. The molecule has 0 aromatic heterocycles. The lowest BCUT2D eigenvalue weighted by atomic mass is 10.1. The Morgan fingerprint density at radius 2 is 1.88 bits per heavy atom. The molecule has 0 bridgehead atoms. The highest BCUT2D eigenvalue weighted by Gasteiger charge is 2.37. The van der Waals surface area contributed by atoms with Crippen LogP contribution >= 0.6 is 0 Å². The van der Waals surface area contributed by atoms with Crippen LogP contribution in [-0.4, -0.2) is 21.1 Å². The van der Waals surface area contributed by atoms with Crippen molar-refractivity contribution in [2.45, 2.75) is 23.9 Å². The normalized spacial score (nSPS) is 20.6. The summed E-state index contributed by atoms with van der Waals surface area (Å²) in [6, 6.07) is 19.1. The molecule has 26 heavy (non-hydrogen) atoms. The average molecular weight is 366 g/mol. The number of benzene rings is 3. The fraction of sp³-hybridized carbons (Fsp3) is 0.200. The predicted molar refractivity (Wildman–Crippen MR) is 101 cm³/mol. The van der Waals surface area contributed by atoms with Gasteiger partial charge < -0.3 is 9.64 Å². The molecule has 1 fully saturated rings.